The molecule has 1 N–H and O–H groups in total. The topological polar surface area (TPSA) is 79.9 Å². The summed E-state index contributed by atoms with van der Waals surface area (Å²) >= 11 is 0. The standard InChI is InChI=1S/C12H10F2N2O3S/c13-12(14)9-3-1-2-8(6-9)7-20(18,19)11-5-4-10(17)15-16-11/h1-6,12H,7H2,(H,15,17). The highest BCUT2D eigenvalue weighted by atomic mass is 32.2. The van der Waals surface area contributed by atoms with E-state index in [9.17, 15) is 22.0 Å². The second-order valence-corrected chi connectivity index (χ2v) is 6.00. The third-order valence-corrected chi connectivity index (χ3v) is 4.11. The molecule has 0 atom stereocenters. The molecule has 8 heteroatoms. The molecule has 106 valence electrons. The van der Waals surface area contributed by atoms with Gasteiger partial charge < -0.3 is 0 Å². The van der Waals surface area contributed by atoms with Crippen molar-refractivity contribution in [1.29, 1.82) is 0 Å². The molecule has 0 bridgehead atoms. The number of benzene rings is 1. The van der Waals surface area contributed by atoms with Crippen molar-refractivity contribution < 1.29 is 17.2 Å². The first-order valence-corrected chi connectivity index (χ1v) is 7.19. The van der Waals surface area contributed by atoms with Crippen LogP contribution in [0.3, 0.4) is 0 Å². The van der Waals surface area contributed by atoms with E-state index < -0.39 is 27.6 Å². The third kappa shape index (κ3) is 3.27. The number of hydrogen-bond donors (Lipinski definition) is 1. The van der Waals surface area contributed by atoms with Crippen molar-refractivity contribution in [3.05, 3.63) is 57.9 Å². The lowest BCUT2D eigenvalue weighted by atomic mass is 10.1. The molecule has 1 aromatic carbocycles. The van der Waals surface area contributed by atoms with Gasteiger partial charge in [-0.15, -0.1) is 0 Å². The molecule has 0 amide bonds. The Morgan fingerprint density at radius 1 is 1.20 bits per heavy atom. The quantitative estimate of drug-likeness (QED) is 0.931. The predicted octanol–water partition coefficient (Wildman–Crippen LogP) is 1.68. The fourth-order valence-electron chi connectivity index (χ4n) is 1.62. The molecule has 2 rings (SSSR count). The molecule has 1 aromatic heterocycles. The van der Waals surface area contributed by atoms with Crippen molar-refractivity contribution in [2.45, 2.75) is 17.2 Å². The molecule has 0 unspecified atom stereocenters. The van der Waals surface area contributed by atoms with Crippen LogP contribution in [0.25, 0.3) is 0 Å². The van der Waals surface area contributed by atoms with Gasteiger partial charge in [-0.1, -0.05) is 18.2 Å². The molecule has 0 radical (unpaired) electrons. The normalized spacial score (nSPS) is 11.8. The van der Waals surface area contributed by atoms with Crippen LogP contribution in [0.15, 0.2) is 46.2 Å². The number of H-pyrrole nitrogens is 1. The fraction of sp³-hybridized carbons (Fsp3) is 0.167. The highest BCUT2D eigenvalue weighted by molar-refractivity contribution is 7.90. The minimum absolute atomic E-state index is 0.232. The third-order valence-electron chi connectivity index (χ3n) is 2.53. The zero-order valence-corrected chi connectivity index (χ0v) is 10.9. The van der Waals surface area contributed by atoms with E-state index in [0.29, 0.717) is 0 Å². The van der Waals surface area contributed by atoms with Gasteiger partial charge in [0, 0.05) is 11.6 Å². The van der Waals surface area contributed by atoms with Crippen LogP contribution < -0.4 is 5.56 Å². The summed E-state index contributed by atoms with van der Waals surface area (Å²) in [5.74, 6) is -0.466. The highest BCUT2D eigenvalue weighted by Crippen LogP contribution is 2.21. The molecule has 0 aliphatic heterocycles. The number of sulfone groups is 1. The molecule has 0 saturated carbocycles. The summed E-state index contributed by atoms with van der Waals surface area (Å²) in [5, 5.41) is 5.14. The summed E-state index contributed by atoms with van der Waals surface area (Å²) in [6, 6.07) is 7.27. The first-order chi connectivity index (χ1) is 9.38. The summed E-state index contributed by atoms with van der Waals surface area (Å²) in [6.07, 6.45) is -2.66. The molecule has 1 heterocycles. The Bertz CT molecular complexity index is 752. The summed E-state index contributed by atoms with van der Waals surface area (Å²) < 4.78 is 49.1. The predicted molar refractivity (Wildman–Crippen MR) is 67.1 cm³/mol. The molecular formula is C12H10F2N2O3S. The Balaban J connectivity index is 2.31. The van der Waals surface area contributed by atoms with Crippen molar-refractivity contribution >= 4 is 9.84 Å². The molecule has 0 aliphatic carbocycles. The Morgan fingerprint density at radius 2 is 1.95 bits per heavy atom. The minimum atomic E-state index is -3.80. The van der Waals surface area contributed by atoms with Gasteiger partial charge in [-0.2, -0.15) is 5.10 Å². The van der Waals surface area contributed by atoms with Crippen LogP contribution in [-0.4, -0.2) is 18.6 Å². The molecule has 0 aliphatic rings. The molecule has 5 nitrogen and oxygen atoms in total. The summed E-state index contributed by atoms with van der Waals surface area (Å²) in [4.78, 5) is 10.8. The van der Waals surface area contributed by atoms with Crippen LogP contribution in [0, 0.1) is 0 Å². The second-order valence-electron chi connectivity index (χ2n) is 4.06. The van der Waals surface area contributed by atoms with Gasteiger partial charge in [-0.05, 0) is 17.7 Å². The van der Waals surface area contributed by atoms with E-state index in [-0.39, 0.29) is 16.2 Å². The lowest BCUT2D eigenvalue weighted by molar-refractivity contribution is 0.151. The van der Waals surface area contributed by atoms with Gasteiger partial charge in [0.2, 0.25) is 9.84 Å². The largest absolute Gasteiger partial charge is 0.268 e. The molecule has 0 saturated heterocycles. The van der Waals surface area contributed by atoms with E-state index in [2.05, 4.69) is 5.10 Å². The van der Waals surface area contributed by atoms with Crippen molar-refractivity contribution in [3.63, 3.8) is 0 Å². The number of halogens is 2. The maximum Gasteiger partial charge on any atom is 0.264 e. The average molecular weight is 300 g/mol. The molecule has 0 fully saturated rings. The van der Waals surface area contributed by atoms with Gasteiger partial charge in [0.15, 0.2) is 5.03 Å². The first-order valence-electron chi connectivity index (χ1n) is 5.54. The monoisotopic (exact) mass is 300 g/mol. The number of rotatable bonds is 4. The number of nitrogens with zero attached hydrogens (tertiary/aromatic N) is 1. The SMILES string of the molecule is O=c1ccc(S(=O)(=O)Cc2cccc(C(F)F)c2)n[nH]1. The van der Waals surface area contributed by atoms with Crippen LogP contribution in [0.1, 0.15) is 17.6 Å². The highest BCUT2D eigenvalue weighted by Gasteiger charge is 2.18. The van der Waals surface area contributed by atoms with Crippen LogP contribution in [0.2, 0.25) is 0 Å². The Hall–Kier alpha value is -2.09. The van der Waals surface area contributed by atoms with E-state index >= 15 is 0 Å². The van der Waals surface area contributed by atoms with Crippen LogP contribution in [0.4, 0.5) is 8.78 Å². The number of nitrogens with one attached hydrogen (secondary N) is 1. The lowest BCUT2D eigenvalue weighted by Gasteiger charge is -2.05. The van der Waals surface area contributed by atoms with Gasteiger partial charge in [-0.3, -0.25) is 4.79 Å². The van der Waals surface area contributed by atoms with Crippen LogP contribution >= 0.6 is 0 Å². The fourth-order valence-corrected chi connectivity index (χ4v) is 2.84. The average Bonchev–Trinajstić information content (AvgIpc) is 2.39. The number of alkyl halides is 2. The van der Waals surface area contributed by atoms with E-state index in [4.69, 9.17) is 0 Å². The van der Waals surface area contributed by atoms with Gasteiger partial charge in [0.05, 0.1) is 5.75 Å². The lowest BCUT2D eigenvalue weighted by Crippen LogP contribution is -2.13. The second kappa shape index (κ2) is 5.49. The summed E-state index contributed by atoms with van der Waals surface area (Å²) in [5.41, 5.74) is -0.536. The van der Waals surface area contributed by atoms with Gasteiger partial charge >= 0.3 is 0 Å². The van der Waals surface area contributed by atoms with Crippen molar-refractivity contribution in [2.75, 3.05) is 0 Å². The smallest absolute Gasteiger partial charge is 0.264 e. The van der Waals surface area contributed by atoms with Crippen molar-refractivity contribution in [2.24, 2.45) is 0 Å². The van der Waals surface area contributed by atoms with E-state index in [1.165, 1.54) is 18.2 Å². The van der Waals surface area contributed by atoms with Crippen LogP contribution in [-0.2, 0) is 15.6 Å². The maximum atomic E-state index is 12.5. The number of hydrogen-bond acceptors (Lipinski definition) is 4. The maximum absolute atomic E-state index is 12.5. The Morgan fingerprint density at radius 3 is 2.55 bits per heavy atom. The zero-order valence-electron chi connectivity index (χ0n) is 10.1. The van der Waals surface area contributed by atoms with Gasteiger partial charge in [0.1, 0.15) is 0 Å². The van der Waals surface area contributed by atoms with Crippen molar-refractivity contribution in [1.82, 2.24) is 10.2 Å². The molecule has 0 spiro atoms. The summed E-state index contributed by atoms with van der Waals surface area (Å²) in [6.45, 7) is 0. The number of aromatic amines is 1. The molecular weight excluding hydrogens is 290 g/mol. The van der Waals surface area contributed by atoms with Crippen LogP contribution in [0.5, 0.6) is 0 Å². The Labute approximate surface area is 113 Å². The molecule has 2 aromatic rings. The van der Waals surface area contributed by atoms with Crippen molar-refractivity contribution in [3.8, 4) is 0 Å². The summed E-state index contributed by atoms with van der Waals surface area (Å²) in [7, 11) is -3.80. The van der Waals surface area contributed by atoms with Gasteiger partial charge in [0.25, 0.3) is 12.0 Å². The van der Waals surface area contributed by atoms with Gasteiger partial charge in [-0.25, -0.2) is 22.3 Å². The van der Waals surface area contributed by atoms with E-state index in [1.54, 1.807) is 0 Å². The zero-order chi connectivity index (χ0) is 14.8. The minimum Gasteiger partial charge on any atom is -0.268 e. The number of aromatic nitrogens is 2. The first kappa shape index (κ1) is 14.3. The van der Waals surface area contributed by atoms with E-state index in [0.717, 1.165) is 18.2 Å². The Kier molecular flexibility index (Phi) is 3.93. The molecule has 20 heavy (non-hydrogen) atoms. The van der Waals surface area contributed by atoms with E-state index in [1.807, 2.05) is 5.10 Å².